The summed E-state index contributed by atoms with van der Waals surface area (Å²) >= 11 is 0. The van der Waals surface area contributed by atoms with Crippen molar-refractivity contribution >= 4 is 5.97 Å². The summed E-state index contributed by atoms with van der Waals surface area (Å²) in [5.41, 5.74) is -0.369. The number of aliphatic carboxylic acids is 1. The summed E-state index contributed by atoms with van der Waals surface area (Å²) in [7, 11) is 0. The van der Waals surface area contributed by atoms with Gasteiger partial charge in [0.05, 0.1) is 5.60 Å². The molecule has 3 rings (SSSR count). The van der Waals surface area contributed by atoms with Gasteiger partial charge in [0, 0.05) is 19.6 Å². The lowest BCUT2D eigenvalue weighted by Crippen LogP contribution is -2.63. The first-order chi connectivity index (χ1) is 10.0. The highest BCUT2D eigenvalue weighted by Gasteiger charge is 2.41. The molecule has 1 unspecified atom stereocenters. The van der Waals surface area contributed by atoms with Crippen LogP contribution in [0.5, 0.6) is 11.5 Å². The van der Waals surface area contributed by atoms with Gasteiger partial charge in [-0.25, -0.2) is 4.79 Å². The second-order valence-corrected chi connectivity index (χ2v) is 5.80. The average Bonchev–Trinajstić information content (AvgIpc) is 2.43. The van der Waals surface area contributed by atoms with Crippen molar-refractivity contribution < 1.29 is 24.1 Å². The number of nitrogens with zero attached hydrogens (tertiary/aromatic N) is 1. The first-order valence-electron chi connectivity index (χ1n) is 7.01. The highest BCUT2D eigenvalue weighted by molar-refractivity contribution is 5.68. The molecule has 21 heavy (non-hydrogen) atoms. The molecule has 1 saturated heterocycles. The fraction of sp³-hybridized carbons (Fsp3) is 0.533. The van der Waals surface area contributed by atoms with Crippen LogP contribution in [0.25, 0.3) is 0 Å². The number of rotatable bonds is 5. The van der Waals surface area contributed by atoms with Gasteiger partial charge in [-0.1, -0.05) is 12.1 Å². The van der Waals surface area contributed by atoms with E-state index in [9.17, 15) is 4.79 Å². The molecule has 114 valence electrons. The number of carbonyl (C=O) groups is 1. The summed E-state index contributed by atoms with van der Waals surface area (Å²) in [6.45, 7) is 4.38. The van der Waals surface area contributed by atoms with E-state index in [-0.39, 0.29) is 18.3 Å². The quantitative estimate of drug-likeness (QED) is 0.873. The van der Waals surface area contributed by atoms with Gasteiger partial charge in [0.25, 0.3) is 0 Å². The Bertz CT molecular complexity index is 527. The second-order valence-electron chi connectivity index (χ2n) is 5.80. The van der Waals surface area contributed by atoms with E-state index < -0.39 is 5.97 Å². The lowest BCUT2D eigenvalue weighted by atomic mass is 9.96. The molecule has 1 N–H and O–H groups in total. The number of fused-ring (bicyclic) bond motifs is 1. The first-order valence-corrected chi connectivity index (χ1v) is 7.01. The number of carboxylic acids is 1. The third-order valence-electron chi connectivity index (χ3n) is 3.69. The zero-order chi connectivity index (χ0) is 14.9. The van der Waals surface area contributed by atoms with Crippen LogP contribution in [0.4, 0.5) is 0 Å². The molecule has 0 bridgehead atoms. The number of carboxylic acid groups (broad SMARTS) is 1. The van der Waals surface area contributed by atoms with E-state index in [0.717, 1.165) is 18.0 Å². The van der Waals surface area contributed by atoms with Gasteiger partial charge in [0.15, 0.2) is 11.5 Å². The van der Waals surface area contributed by atoms with Crippen molar-refractivity contribution in [2.45, 2.75) is 18.6 Å². The SMILES string of the molecule is CC1(OCC(=O)O)CN(CC2COc3ccccc3O2)C1. The maximum absolute atomic E-state index is 10.5. The van der Waals surface area contributed by atoms with Crippen LogP contribution >= 0.6 is 0 Å². The number of benzene rings is 1. The summed E-state index contributed by atoms with van der Waals surface area (Å²) in [6.07, 6.45) is -0.0103. The van der Waals surface area contributed by atoms with Crippen molar-refractivity contribution in [3.05, 3.63) is 24.3 Å². The van der Waals surface area contributed by atoms with Gasteiger partial charge in [-0.3, -0.25) is 4.90 Å². The van der Waals surface area contributed by atoms with Gasteiger partial charge in [-0.2, -0.15) is 0 Å². The molecular formula is C15H19NO5. The number of ether oxygens (including phenoxy) is 3. The Morgan fingerprint density at radius 3 is 2.86 bits per heavy atom. The Balaban J connectivity index is 1.46. The summed E-state index contributed by atoms with van der Waals surface area (Å²) in [5.74, 6) is 0.626. The molecule has 0 spiro atoms. The minimum Gasteiger partial charge on any atom is -0.486 e. The second kappa shape index (κ2) is 5.54. The summed E-state index contributed by atoms with van der Waals surface area (Å²) < 4.78 is 17.0. The molecule has 0 aromatic heterocycles. The van der Waals surface area contributed by atoms with Gasteiger partial charge in [-0.15, -0.1) is 0 Å². The van der Waals surface area contributed by atoms with Crippen molar-refractivity contribution in [2.75, 3.05) is 32.8 Å². The smallest absolute Gasteiger partial charge is 0.329 e. The van der Waals surface area contributed by atoms with Gasteiger partial charge >= 0.3 is 5.97 Å². The topological polar surface area (TPSA) is 68.2 Å². The molecule has 2 aliphatic heterocycles. The third-order valence-corrected chi connectivity index (χ3v) is 3.69. The van der Waals surface area contributed by atoms with Crippen molar-refractivity contribution in [1.82, 2.24) is 4.90 Å². The molecule has 1 atom stereocenters. The average molecular weight is 293 g/mol. The van der Waals surface area contributed by atoms with Crippen LogP contribution in [-0.4, -0.2) is 60.5 Å². The first kappa shape index (κ1) is 14.2. The standard InChI is InChI=1S/C15H19NO5/c1-15(20-8-14(17)18)9-16(10-15)6-11-7-19-12-4-2-3-5-13(12)21-11/h2-5,11H,6-10H2,1H3,(H,17,18). The summed E-state index contributed by atoms with van der Waals surface area (Å²) in [6, 6.07) is 7.64. The molecule has 1 aromatic carbocycles. The number of hydrogen-bond acceptors (Lipinski definition) is 5. The molecule has 1 fully saturated rings. The largest absolute Gasteiger partial charge is 0.486 e. The Hall–Kier alpha value is -1.79. The molecule has 6 heteroatoms. The highest BCUT2D eigenvalue weighted by atomic mass is 16.6. The fourth-order valence-corrected chi connectivity index (χ4v) is 2.80. The van der Waals surface area contributed by atoms with Gasteiger partial charge in [0.1, 0.15) is 19.3 Å². The van der Waals surface area contributed by atoms with Crippen molar-refractivity contribution in [3.8, 4) is 11.5 Å². The predicted molar refractivity (Wildman–Crippen MR) is 74.8 cm³/mol. The molecule has 6 nitrogen and oxygen atoms in total. The lowest BCUT2D eigenvalue weighted by Gasteiger charge is -2.48. The maximum Gasteiger partial charge on any atom is 0.329 e. The Morgan fingerprint density at radius 2 is 2.14 bits per heavy atom. The number of hydrogen-bond donors (Lipinski definition) is 1. The maximum atomic E-state index is 10.5. The monoisotopic (exact) mass is 293 g/mol. The van der Waals surface area contributed by atoms with Crippen molar-refractivity contribution in [1.29, 1.82) is 0 Å². The van der Waals surface area contributed by atoms with Crippen LogP contribution in [0.3, 0.4) is 0 Å². The van der Waals surface area contributed by atoms with Crippen LogP contribution in [-0.2, 0) is 9.53 Å². The predicted octanol–water partition coefficient (Wildman–Crippen LogP) is 1.00. The van der Waals surface area contributed by atoms with E-state index in [1.165, 1.54) is 0 Å². The van der Waals surface area contributed by atoms with E-state index in [4.69, 9.17) is 19.3 Å². The number of likely N-dealkylation sites (tertiary alicyclic amines) is 1. The van der Waals surface area contributed by atoms with Crippen LogP contribution < -0.4 is 9.47 Å². The van der Waals surface area contributed by atoms with Crippen LogP contribution in [0.15, 0.2) is 24.3 Å². The van der Waals surface area contributed by atoms with Gasteiger partial charge in [-0.05, 0) is 19.1 Å². The van der Waals surface area contributed by atoms with Gasteiger partial charge in [0.2, 0.25) is 0 Å². The molecule has 0 amide bonds. The van der Waals surface area contributed by atoms with Crippen LogP contribution in [0.2, 0.25) is 0 Å². The lowest BCUT2D eigenvalue weighted by molar-refractivity contribution is -0.167. The van der Waals surface area contributed by atoms with Gasteiger partial charge < -0.3 is 19.3 Å². The van der Waals surface area contributed by atoms with Crippen molar-refractivity contribution in [3.63, 3.8) is 0 Å². The molecular weight excluding hydrogens is 274 g/mol. The summed E-state index contributed by atoms with van der Waals surface area (Å²) in [5, 5.41) is 8.64. The molecule has 1 aromatic rings. The summed E-state index contributed by atoms with van der Waals surface area (Å²) in [4.78, 5) is 12.7. The molecule has 2 aliphatic rings. The normalized spacial score (nSPS) is 23.4. The zero-order valence-corrected chi connectivity index (χ0v) is 11.9. The molecule has 0 radical (unpaired) electrons. The molecule has 2 heterocycles. The Morgan fingerprint density at radius 1 is 1.43 bits per heavy atom. The minimum absolute atomic E-state index is 0.0103. The zero-order valence-electron chi connectivity index (χ0n) is 11.9. The van der Waals surface area contributed by atoms with Crippen molar-refractivity contribution in [2.24, 2.45) is 0 Å². The van der Waals surface area contributed by atoms with E-state index in [0.29, 0.717) is 19.7 Å². The Kier molecular flexibility index (Phi) is 3.73. The molecule has 0 aliphatic carbocycles. The van der Waals surface area contributed by atoms with E-state index in [1.54, 1.807) is 0 Å². The fourth-order valence-electron chi connectivity index (χ4n) is 2.80. The number of para-hydroxylation sites is 2. The van der Waals surface area contributed by atoms with E-state index in [2.05, 4.69) is 4.90 Å². The van der Waals surface area contributed by atoms with Crippen LogP contribution in [0, 0.1) is 0 Å². The Labute approximate surface area is 123 Å². The van der Waals surface area contributed by atoms with Crippen LogP contribution in [0.1, 0.15) is 6.92 Å². The van der Waals surface area contributed by atoms with E-state index >= 15 is 0 Å². The highest BCUT2D eigenvalue weighted by Crippen LogP contribution is 2.32. The minimum atomic E-state index is -0.935. The molecule has 0 saturated carbocycles. The van der Waals surface area contributed by atoms with E-state index in [1.807, 2.05) is 31.2 Å². The third kappa shape index (κ3) is 3.28.